The van der Waals surface area contributed by atoms with Crippen molar-refractivity contribution in [3.8, 4) is 28.7 Å². The summed E-state index contributed by atoms with van der Waals surface area (Å²) in [6, 6.07) is 25.6. The number of para-hydroxylation sites is 2. The molecule has 8 aromatic rings. The lowest BCUT2D eigenvalue weighted by Gasteiger charge is -2.18. The molecule has 52 heavy (non-hydrogen) atoms. The van der Waals surface area contributed by atoms with Crippen LogP contribution in [0.4, 0.5) is 39.5 Å². The Morgan fingerprint density at radius 3 is 1.54 bits per heavy atom. The second-order valence-corrected chi connectivity index (χ2v) is 12.1. The van der Waals surface area contributed by atoms with E-state index < -0.39 is 35.2 Å². The zero-order chi connectivity index (χ0) is 36.7. The van der Waals surface area contributed by atoms with Gasteiger partial charge in [-0.2, -0.15) is 44.8 Å². The summed E-state index contributed by atoms with van der Waals surface area (Å²) in [6.45, 7) is 0. The highest BCUT2D eigenvalue weighted by molar-refractivity contribution is 6.11. The van der Waals surface area contributed by atoms with E-state index in [-0.39, 0.29) is 39.2 Å². The molecule has 0 aliphatic rings. The highest BCUT2D eigenvalue weighted by atomic mass is 19.4. The van der Waals surface area contributed by atoms with Gasteiger partial charge in [0.25, 0.3) is 0 Å². The largest absolute Gasteiger partial charge is 0.416 e. The maximum Gasteiger partial charge on any atom is 0.416 e. The molecule has 3 heterocycles. The molecule has 0 bridgehead atoms. The lowest BCUT2D eigenvalue weighted by Crippen LogP contribution is -2.08. The monoisotopic (exact) mass is 714 g/mol. The molecule has 0 aliphatic carbocycles. The molecule has 0 radical (unpaired) electrons. The van der Waals surface area contributed by atoms with E-state index in [0.717, 1.165) is 30.3 Å². The fourth-order valence-electron chi connectivity index (χ4n) is 6.78. The van der Waals surface area contributed by atoms with Crippen LogP contribution in [0.5, 0.6) is 0 Å². The topological polar surface area (TPSA) is 46.5 Å². The zero-order valence-corrected chi connectivity index (χ0v) is 26.2. The number of hydrogen-bond donors (Lipinski definition) is 0. The Hall–Kier alpha value is -6.29. The zero-order valence-electron chi connectivity index (χ0n) is 26.2. The van der Waals surface area contributed by atoms with E-state index in [9.17, 15) is 44.8 Å². The van der Waals surface area contributed by atoms with E-state index in [0.29, 0.717) is 38.6 Å². The van der Waals surface area contributed by atoms with Gasteiger partial charge in [0.1, 0.15) is 5.82 Å². The average Bonchev–Trinajstić information content (AvgIpc) is 3.62. The second kappa shape index (κ2) is 11.4. The molecule has 0 amide bonds. The van der Waals surface area contributed by atoms with Crippen molar-refractivity contribution in [2.75, 3.05) is 0 Å². The van der Waals surface area contributed by atoms with Gasteiger partial charge < -0.3 is 4.57 Å². The number of benzene rings is 5. The highest BCUT2D eigenvalue weighted by Crippen LogP contribution is 2.42. The van der Waals surface area contributed by atoms with Crippen LogP contribution in [0.3, 0.4) is 0 Å². The number of pyridine rings is 1. The predicted octanol–water partition coefficient (Wildman–Crippen LogP) is 11.9. The third-order valence-corrected chi connectivity index (χ3v) is 9.04. The van der Waals surface area contributed by atoms with Gasteiger partial charge in [0, 0.05) is 27.1 Å². The van der Waals surface area contributed by atoms with Crippen molar-refractivity contribution in [1.29, 1.82) is 5.26 Å². The molecule has 8 rings (SSSR count). The van der Waals surface area contributed by atoms with Crippen molar-refractivity contribution in [3.05, 3.63) is 138 Å². The number of rotatable bonds is 3. The van der Waals surface area contributed by atoms with Crippen LogP contribution in [0.25, 0.3) is 66.2 Å². The Morgan fingerprint density at radius 2 is 1.00 bits per heavy atom. The first-order valence-corrected chi connectivity index (χ1v) is 15.5. The SMILES string of the molecule is N#Cc1cc(-c2cc(-n3c4ccccc4c4ccc(C(F)(F)F)cc43)ncc2-n2c3ccccc3c3ccc(C(F)(F)F)cc32)cc(C(F)(F)F)c1. The summed E-state index contributed by atoms with van der Waals surface area (Å²) in [5.74, 6) is 0.0111. The first-order valence-electron chi connectivity index (χ1n) is 15.5. The first-order chi connectivity index (χ1) is 24.6. The van der Waals surface area contributed by atoms with E-state index in [1.165, 1.54) is 39.6 Å². The van der Waals surface area contributed by atoms with Crippen LogP contribution >= 0.6 is 0 Å². The molecular formula is C39H19F9N4. The molecule has 0 saturated heterocycles. The van der Waals surface area contributed by atoms with E-state index in [4.69, 9.17) is 0 Å². The summed E-state index contributed by atoms with van der Waals surface area (Å²) in [7, 11) is 0. The molecule has 4 nitrogen and oxygen atoms in total. The van der Waals surface area contributed by atoms with E-state index in [1.54, 1.807) is 54.6 Å². The summed E-state index contributed by atoms with van der Waals surface area (Å²) in [5, 5.41) is 11.7. The number of aromatic nitrogens is 3. The van der Waals surface area contributed by atoms with Crippen LogP contribution < -0.4 is 0 Å². The molecule has 13 heteroatoms. The maximum absolute atomic E-state index is 14.2. The lowest BCUT2D eigenvalue weighted by atomic mass is 9.99. The third kappa shape index (κ3) is 5.30. The summed E-state index contributed by atoms with van der Waals surface area (Å²) in [6.07, 6.45) is -13.0. The Kier molecular flexibility index (Phi) is 7.19. The van der Waals surface area contributed by atoms with Crippen LogP contribution in [0.2, 0.25) is 0 Å². The maximum atomic E-state index is 14.2. The Morgan fingerprint density at radius 1 is 0.500 bits per heavy atom. The van der Waals surface area contributed by atoms with E-state index in [1.807, 2.05) is 0 Å². The summed E-state index contributed by atoms with van der Waals surface area (Å²) < 4.78 is 129. The van der Waals surface area contributed by atoms with Gasteiger partial charge in [-0.05, 0) is 66.2 Å². The molecule has 0 unspecified atom stereocenters. The molecule has 0 spiro atoms. The summed E-state index contributed by atoms with van der Waals surface area (Å²) >= 11 is 0. The van der Waals surface area contributed by atoms with Gasteiger partial charge >= 0.3 is 18.5 Å². The number of halogens is 9. The number of nitriles is 1. The van der Waals surface area contributed by atoms with Crippen molar-refractivity contribution in [3.63, 3.8) is 0 Å². The van der Waals surface area contributed by atoms with Gasteiger partial charge in [0.2, 0.25) is 0 Å². The van der Waals surface area contributed by atoms with Crippen molar-refractivity contribution in [2.24, 2.45) is 0 Å². The van der Waals surface area contributed by atoms with Crippen molar-refractivity contribution < 1.29 is 39.5 Å². The number of fused-ring (bicyclic) bond motifs is 6. The number of nitrogens with zero attached hydrogens (tertiary/aromatic N) is 4. The molecule has 0 fully saturated rings. The van der Waals surface area contributed by atoms with Gasteiger partial charge in [0.15, 0.2) is 0 Å². The molecule has 0 atom stereocenters. The van der Waals surface area contributed by atoms with Crippen LogP contribution in [-0.4, -0.2) is 14.1 Å². The van der Waals surface area contributed by atoms with Crippen molar-refractivity contribution >= 4 is 43.6 Å². The van der Waals surface area contributed by atoms with Crippen LogP contribution in [-0.2, 0) is 18.5 Å². The minimum atomic E-state index is -4.88. The minimum Gasteiger partial charge on any atom is -0.307 e. The summed E-state index contributed by atoms with van der Waals surface area (Å²) in [5.41, 5.74) is -2.42. The molecule has 258 valence electrons. The van der Waals surface area contributed by atoms with E-state index >= 15 is 0 Å². The molecule has 0 aliphatic heterocycles. The van der Waals surface area contributed by atoms with Crippen LogP contribution in [0.1, 0.15) is 22.3 Å². The molecular weight excluding hydrogens is 695 g/mol. The lowest BCUT2D eigenvalue weighted by molar-refractivity contribution is -0.138. The van der Waals surface area contributed by atoms with Gasteiger partial charge in [-0.15, -0.1) is 0 Å². The number of alkyl halides is 9. The Bertz CT molecular complexity index is 2780. The third-order valence-electron chi connectivity index (χ3n) is 9.04. The molecule has 3 aromatic heterocycles. The quantitative estimate of drug-likeness (QED) is 0.171. The Labute approximate surface area is 287 Å². The fourth-order valence-corrected chi connectivity index (χ4v) is 6.78. The number of hydrogen-bond acceptors (Lipinski definition) is 2. The second-order valence-electron chi connectivity index (χ2n) is 12.1. The molecule has 0 N–H and O–H groups in total. The van der Waals surface area contributed by atoms with Crippen LogP contribution in [0.15, 0.2) is 115 Å². The molecule has 5 aromatic carbocycles. The minimum absolute atomic E-state index is 0.0111. The highest BCUT2D eigenvalue weighted by Gasteiger charge is 2.34. The first kappa shape index (κ1) is 32.9. The van der Waals surface area contributed by atoms with Gasteiger partial charge in [-0.3, -0.25) is 4.57 Å². The standard InChI is InChI=1S/C39H19F9N4/c40-37(41,42)23-9-11-28-26-5-1-3-7-31(26)51(33(28)16-23)35-20-50-36(18-30(35)22-13-21(19-49)14-25(15-22)39(46,47)48)52-32-8-4-2-6-27(32)29-12-10-24(17-34(29)52)38(43,44)45/h1-18,20H. The van der Waals surface area contributed by atoms with Gasteiger partial charge in [0.05, 0.1) is 62.3 Å². The predicted molar refractivity (Wildman–Crippen MR) is 178 cm³/mol. The average molecular weight is 715 g/mol. The van der Waals surface area contributed by atoms with Gasteiger partial charge in [-0.25, -0.2) is 4.98 Å². The smallest absolute Gasteiger partial charge is 0.307 e. The molecule has 0 saturated carbocycles. The van der Waals surface area contributed by atoms with E-state index in [2.05, 4.69) is 4.98 Å². The normalized spacial score (nSPS) is 12.7. The van der Waals surface area contributed by atoms with Gasteiger partial charge in [-0.1, -0.05) is 48.5 Å². The van der Waals surface area contributed by atoms with Crippen LogP contribution in [0, 0.1) is 11.3 Å². The summed E-state index contributed by atoms with van der Waals surface area (Å²) in [4.78, 5) is 4.61. The van der Waals surface area contributed by atoms with Crippen molar-refractivity contribution in [2.45, 2.75) is 18.5 Å². The van der Waals surface area contributed by atoms with Crippen molar-refractivity contribution in [1.82, 2.24) is 14.1 Å². The Balaban J connectivity index is 1.51. The fraction of sp³-hybridized carbons (Fsp3) is 0.0769.